The van der Waals surface area contributed by atoms with E-state index in [1.807, 2.05) is 24.3 Å². The van der Waals surface area contributed by atoms with Crippen LogP contribution in [-0.2, 0) is 0 Å². The Bertz CT molecular complexity index is 750. The van der Waals surface area contributed by atoms with Crippen LogP contribution >= 0.6 is 0 Å². The van der Waals surface area contributed by atoms with E-state index in [2.05, 4.69) is 29.4 Å². The number of para-hydroxylation sites is 1. The summed E-state index contributed by atoms with van der Waals surface area (Å²) in [6.45, 7) is 2.28. The molecule has 0 saturated heterocycles. The van der Waals surface area contributed by atoms with Gasteiger partial charge in [-0.05, 0) is 44.2 Å². The van der Waals surface area contributed by atoms with Crippen molar-refractivity contribution in [2.45, 2.75) is 116 Å². The van der Waals surface area contributed by atoms with E-state index in [1.165, 1.54) is 88.2 Å². The Morgan fingerprint density at radius 2 is 1.32 bits per heavy atom. The fourth-order valence-corrected chi connectivity index (χ4v) is 4.04. The highest BCUT2D eigenvalue weighted by atomic mass is 16.2. The molecule has 0 bridgehead atoms. The molecule has 0 aliphatic carbocycles. The number of unbranched alkanes of at least 4 members (excludes halogenated alkanes) is 14. The van der Waals surface area contributed by atoms with Gasteiger partial charge in [-0.1, -0.05) is 107 Å². The molecule has 1 aromatic heterocycles. The van der Waals surface area contributed by atoms with Crippen molar-refractivity contribution < 1.29 is 4.79 Å². The topological polar surface area (TPSA) is 47.8 Å². The van der Waals surface area contributed by atoms with Crippen LogP contribution in [0.3, 0.4) is 0 Å². The van der Waals surface area contributed by atoms with Crippen LogP contribution in [0.4, 0.5) is 0 Å². The number of allylic oxidation sites excluding steroid dienone is 2. The standard InChI is InChI=1S/C27H43N3O/c1-2-3-4-5-6-7-8-9-10-11-12-13-14-15-16-17-18-19-24-27(31)30-26-23-21-20-22-25(26)28-29-30/h15-16,20-23H,2-14,17-19,24H2,1H3/b16-15+. The average Bonchev–Trinajstić information content (AvgIpc) is 3.22. The lowest BCUT2D eigenvalue weighted by atomic mass is 10.0. The van der Waals surface area contributed by atoms with Crippen LogP contribution in [0.1, 0.15) is 121 Å². The van der Waals surface area contributed by atoms with Crippen LogP contribution in [-0.4, -0.2) is 20.9 Å². The first-order valence-electron chi connectivity index (χ1n) is 12.8. The van der Waals surface area contributed by atoms with Gasteiger partial charge in [0.1, 0.15) is 5.52 Å². The predicted octanol–water partition coefficient (Wildman–Crippen LogP) is 8.28. The summed E-state index contributed by atoms with van der Waals surface area (Å²) in [6, 6.07) is 7.60. The number of carbonyl (C=O) groups excluding carboxylic acids is 1. The first-order valence-corrected chi connectivity index (χ1v) is 12.8. The van der Waals surface area contributed by atoms with E-state index >= 15 is 0 Å². The highest BCUT2D eigenvalue weighted by Crippen LogP contribution is 2.14. The molecule has 0 aliphatic rings. The van der Waals surface area contributed by atoms with E-state index in [4.69, 9.17) is 0 Å². The van der Waals surface area contributed by atoms with E-state index in [0.29, 0.717) is 6.42 Å². The summed E-state index contributed by atoms with van der Waals surface area (Å²) in [5.74, 6) is 0.0363. The maximum atomic E-state index is 12.3. The van der Waals surface area contributed by atoms with E-state index in [9.17, 15) is 4.79 Å². The number of fused-ring (bicyclic) bond motifs is 1. The van der Waals surface area contributed by atoms with Crippen molar-refractivity contribution in [3.63, 3.8) is 0 Å². The average molecular weight is 426 g/mol. The van der Waals surface area contributed by atoms with Crippen LogP contribution in [0.2, 0.25) is 0 Å². The zero-order chi connectivity index (χ0) is 22.0. The Kier molecular flexibility index (Phi) is 13.6. The number of hydrogen-bond donors (Lipinski definition) is 0. The molecule has 0 amide bonds. The molecule has 0 unspecified atom stereocenters. The van der Waals surface area contributed by atoms with Gasteiger partial charge in [-0.15, -0.1) is 5.10 Å². The summed E-state index contributed by atoms with van der Waals surface area (Å²) in [7, 11) is 0. The third-order valence-electron chi connectivity index (χ3n) is 5.99. The normalized spacial score (nSPS) is 11.6. The molecule has 0 aliphatic heterocycles. The fraction of sp³-hybridized carbons (Fsp3) is 0.667. The molecule has 0 spiro atoms. The lowest BCUT2D eigenvalue weighted by Gasteiger charge is -2.02. The molecule has 1 heterocycles. The second-order valence-corrected chi connectivity index (χ2v) is 8.78. The summed E-state index contributed by atoms with van der Waals surface area (Å²) >= 11 is 0. The van der Waals surface area contributed by atoms with Gasteiger partial charge in [0.15, 0.2) is 0 Å². The van der Waals surface area contributed by atoms with E-state index in [1.54, 1.807) is 0 Å². The van der Waals surface area contributed by atoms with E-state index < -0.39 is 0 Å². The highest BCUT2D eigenvalue weighted by molar-refractivity contribution is 5.88. The van der Waals surface area contributed by atoms with Crippen LogP contribution in [0, 0.1) is 0 Å². The van der Waals surface area contributed by atoms with Crippen molar-refractivity contribution in [1.29, 1.82) is 0 Å². The van der Waals surface area contributed by atoms with Gasteiger partial charge < -0.3 is 0 Å². The predicted molar refractivity (Wildman–Crippen MR) is 131 cm³/mol. The smallest absolute Gasteiger partial charge is 0.248 e. The Morgan fingerprint density at radius 1 is 0.774 bits per heavy atom. The zero-order valence-corrected chi connectivity index (χ0v) is 19.7. The minimum Gasteiger partial charge on any atom is -0.273 e. The monoisotopic (exact) mass is 425 g/mol. The lowest BCUT2D eigenvalue weighted by Crippen LogP contribution is -2.11. The number of nitrogens with zero attached hydrogens (tertiary/aromatic N) is 3. The second-order valence-electron chi connectivity index (χ2n) is 8.78. The maximum absolute atomic E-state index is 12.3. The van der Waals surface area contributed by atoms with Gasteiger partial charge in [-0.2, -0.15) is 4.68 Å². The molecule has 2 aromatic rings. The van der Waals surface area contributed by atoms with Gasteiger partial charge >= 0.3 is 0 Å². The number of benzene rings is 1. The van der Waals surface area contributed by atoms with Gasteiger partial charge in [0.05, 0.1) is 5.52 Å². The second kappa shape index (κ2) is 16.7. The van der Waals surface area contributed by atoms with Crippen molar-refractivity contribution in [2.24, 2.45) is 0 Å². The summed E-state index contributed by atoms with van der Waals surface area (Å²) in [5.41, 5.74) is 1.58. The van der Waals surface area contributed by atoms with Gasteiger partial charge in [-0.3, -0.25) is 4.79 Å². The quantitative estimate of drug-likeness (QED) is 0.178. The molecule has 0 atom stereocenters. The molecule has 2 rings (SSSR count). The number of aromatic nitrogens is 3. The Labute approximate surface area is 189 Å². The molecule has 4 heteroatoms. The third-order valence-corrected chi connectivity index (χ3v) is 5.99. The zero-order valence-electron chi connectivity index (χ0n) is 19.7. The molecular formula is C27H43N3O. The fourth-order valence-electron chi connectivity index (χ4n) is 4.04. The number of rotatable bonds is 18. The first kappa shape index (κ1) is 25.3. The van der Waals surface area contributed by atoms with Crippen molar-refractivity contribution in [2.75, 3.05) is 0 Å². The Morgan fingerprint density at radius 3 is 1.97 bits per heavy atom. The van der Waals surface area contributed by atoms with Crippen molar-refractivity contribution in [1.82, 2.24) is 15.0 Å². The maximum Gasteiger partial charge on any atom is 0.248 e. The van der Waals surface area contributed by atoms with Gasteiger partial charge in [-0.25, -0.2) is 0 Å². The minimum absolute atomic E-state index is 0.0363. The Hall–Kier alpha value is -1.97. The van der Waals surface area contributed by atoms with E-state index in [0.717, 1.165) is 30.3 Å². The molecule has 0 radical (unpaired) electrons. The van der Waals surface area contributed by atoms with Crippen LogP contribution in [0.5, 0.6) is 0 Å². The molecule has 31 heavy (non-hydrogen) atoms. The highest BCUT2D eigenvalue weighted by Gasteiger charge is 2.10. The lowest BCUT2D eigenvalue weighted by molar-refractivity contribution is 0.0886. The summed E-state index contributed by atoms with van der Waals surface area (Å²) in [4.78, 5) is 12.3. The van der Waals surface area contributed by atoms with Crippen LogP contribution in [0.15, 0.2) is 36.4 Å². The number of carbonyl (C=O) groups is 1. The van der Waals surface area contributed by atoms with E-state index in [-0.39, 0.29) is 5.91 Å². The van der Waals surface area contributed by atoms with Gasteiger partial charge in [0, 0.05) is 6.42 Å². The SMILES string of the molecule is CCCCCCCCCCCCCC/C=C/CCCCC(=O)n1nnc2ccccc21. The third kappa shape index (κ3) is 10.8. The minimum atomic E-state index is 0.0363. The number of hydrogen-bond acceptors (Lipinski definition) is 3. The molecule has 172 valence electrons. The summed E-state index contributed by atoms with van der Waals surface area (Å²) in [5, 5.41) is 8.05. The summed E-state index contributed by atoms with van der Waals surface area (Å²) in [6.07, 6.45) is 26.2. The van der Waals surface area contributed by atoms with Crippen molar-refractivity contribution >= 4 is 16.9 Å². The molecular weight excluding hydrogens is 382 g/mol. The Balaban J connectivity index is 1.37. The van der Waals surface area contributed by atoms with Gasteiger partial charge in [0.25, 0.3) is 0 Å². The van der Waals surface area contributed by atoms with Gasteiger partial charge in [0.2, 0.25) is 5.91 Å². The molecule has 0 fully saturated rings. The van der Waals surface area contributed by atoms with Crippen molar-refractivity contribution in [3.8, 4) is 0 Å². The molecule has 0 N–H and O–H groups in total. The molecule has 1 aromatic carbocycles. The molecule has 0 saturated carbocycles. The van der Waals surface area contributed by atoms with Crippen LogP contribution in [0.25, 0.3) is 11.0 Å². The molecule has 4 nitrogen and oxygen atoms in total. The summed E-state index contributed by atoms with van der Waals surface area (Å²) < 4.78 is 1.44. The van der Waals surface area contributed by atoms with Crippen LogP contribution < -0.4 is 0 Å². The largest absolute Gasteiger partial charge is 0.273 e. The first-order chi connectivity index (χ1) is 15.3. The van der Waals surface area contributed by atoms with Crippen molar-refractivity contribution in [3.05, 3.63) is 36.4 Å².